The van der Waals surface area contributed by atoms with Gasteiger partial charge in [0.05, 0.1) is 0 Å². The normalized spacial score (nSPS) is 11.1. The Kier molecular flexibility index (Phi) is 5.05. The van der Waals surface area contributed by atoms with Crippen LogP contribution < -0.4 is 4.74 Å². The van der Waals surface area contributed by atoms with E-state index in [9.17, 15) is 8.78 Å². The SMILES string of the molecule is CSCc1ccc(Oc2ccc(F)cc2F)c(-c2cc(C)nc3[nH]ccc23)c1. The highest BCUT2D eigenvalue weighted by molar-refractivity contribution is 7.97. The summed E-state index contributed by atoms with van der Waals surface area (Å²) < 4.78 is 33.3. The average Bonchev–Trinajstić information content (AvgIpc) is 3.13. The van der Waals surface area contributed by atoms with E-state index in [0.29, 0.717) is 5.75 Å². The van der Waals surface area contributed by atoms with Gasteiger partial charge in [0.15, 0.2) is 11.6 Å². The molecule has 0 unspecified atom stereocenters. The van der Waals surface area contributed by atoms with Crippen molar-refractivity contribution in [1.29, 1.82) is 0 Å². The van der Waals surface area contributed by atoms with Crippen LogP contribution in [0.3, 0.4) is 0 Å². The van der Waals surface area contributed by atoms with Gasteiger partial charge >= 0.3 is 0 Å². The van der Waals surface area contributed by atoms with Crippen molar-refractivity contribution < 1.29 is 13.5 Å². The van der Waals surface area contributed by atoms with Crippen LogP contribution in [0.5, 0.6) is 11.5 Å². The molecular weight excluding hydrogens is 378 g/mol. The van der Waals surface area contributed by atoms with E-state index < -0.39 is 11.6 Å². The predicted molar refractivity (Wildman–Crippen MR) is 110 cm³/mol. The Bertz CT molecular complexity index is 1160. The number of H-pyrrole nitrogens is 1. The van der Waals surface area contributed by atoms with E-state index in [2.05, 4.69) is 16.0 Å². The first-order valence-electron chi connectivity index (χ1n) is 8.75. The Balaban J connectivity index is 1.88. The molecule has 0 saturated carbocycles. The van der Waals surface area contributed by atoms with E-state index in [1.165, 1.54) is 12.1 Å². The van der Waals surface area contributed by atoms with Crippen LogP contribution in [0.25, 0.3) is 22.2 Å². The molecule has 0 saturated heterocycles. The summed E-state index contributed by atoms with van der Waals surface area (Å²) >= 11 is 1.72. The first-order valence-corrected chi connectivity index (χ1v) is 10.1. The van der Waals surface area contributed by atoms with E-state index in [1.807, 2.05) is 43.6 Å². The number of nitrogens with one attached hydrogen (secondary N) is 1. The van der Waals surface area contributed by atoms with Gasteiger partial charge in [-0.3, -0.25) is 0 Å². The summed E-state index contributed by atoms with van der Waals surface area (Å²) in [6.45, 7) is 1.93. The smallest absolute Gasteiger partial charge is 0.168 e. The van der Waals surface area contributed by atoms with Crippen LogP contribution in [0.15, 0.2) is 54.7 Å². The van der Waals surface area contributed by atoms with Crippen LogP contribution >= 0.6 is 11.8 Å². The quantitative estimate of drug-likeness (QED) is 0.420. The zero-order chi connectivity index (χ0) is 19.7. The standard InChI is InChI=1S/C22H18F2N2OS/c1-13-9-17(16-7-8-25-22(16)26-13)18-10-14(12-28-2)3-5-20(18)27-21-6-4-15(23)11-19(21)24/h3-11H,12H2,1-2H3,(H,25,26). The molecule has 0 spiro atoms. The molecule has 2 heterocycles. The number of aryl methyl sites for hydroxylation is 1. The van der Waals surface area contributed by atoms with Crippen LogP contribution in [0.2, 0.25) is 0 Å². The zero-order valence-electron chi connectivity index (χ0n) is 15.4. The molecule has 2 aromatic carbocycles. The lowest BCUT2D eigenvalue weighted by molar-refractivity contribution is 0.439. The minimum atomic E-state index is -0.739. The first-order chi connectivity index (χ1) is 13.5. The van der Waals surface area contributed by atoms with E-state index in [1.54, 1.807) is 11.8 Å². The van der Waals surface area contributed by atoms with Gasteiger partial charge < -0.3 is 9.72 Å². The van der Waals surface area contributed by atoms with Gasteiger partial charge in [0.25, 0.3) is 0 Å². The van der Waals surface area contributed by atoms with Crippen LogP contribution in [0.1, 0.15) is 11.3 Å². The molecule has 4 rings (SSSR count). The van der Waals surface area contributed by atoms with Crippen molar-refractivity contribution in [3.63, 3.8) is 0 Å². The van der Waals surface area contributed by atoms with Crippen molar-refractivity contribution in [2.24, 2.45) is 0 Å². The molecular formula is C22H18F2N2OS. The van der Waals surface area contributed by atoms with Gasteiger partial charge in [0.2, 0.25) is 0 Å². The Morgan fingerprint density at radius 2 is 1.82 bits per heavy atom. The molecule has 4 aromatic rings. The molecule has 0 atom stereocenters. The highest BCUT2D eigenvalue weighted by Gasteiger charge is 2.15. The molecule has 6 heteroatoms. The second kappa shape index (κ2) is 7.64. The molecule has 142 valence electrons. The zero-order valence-corrected chi connectivity index (χ0v) is 16.2. The molecule has 0 fully saturated rings. The summed E-state index contributed by atoms with van der Waals surface area (Å²) in [5, 5.41) is 0.955. The largest absolute Gasteiger partial charge is 0.454 e. The number of rotatable bonds is 5. The number of nitrogens with zero attached hydrogens (tertiary/aromatic N) is 1. The lowest BCUT2D eigenvalue weighted by atomic mass is 9.99. The Morgan fingerprint density at radius 3 is 2.61 bits per heavy atom. The fraction of sp³-hybridized carbons (Fsp3) is 0.136. The molecule has 0 aliphatic heterocycles. The monoisotopic (exact) mass is 396 g/mol. The summed E-state index contributed by atoms with van der Waals surface area (Å²) in [6.07, 6.45) is 3.88. The van der Waals surface area contributed by atoms with Crippen molar-refractivity contribution in [3.05, 3.63) is 77.6 Å². The van der Waals surface area contributed by atoms with Gasteiger partial charge in [-0.2, -0.15) is 11.8 Å². The number of aromatic amines is 1. The number of hydrogen-bond donors (Lipinski definition) is 1. The number of benzene rings is 2. The Labute approximate surface area is 165 Å². The number of hydrogen-bond acceptors (Lipinski definition) is 3. The van der Waals surface area contributed by atoms with Gasteiger partial charge in [0, 0.05) is 34.7 Å². The predicted octanol–water partition coefficient (Wildman–Crippen LogP) is 6.47. The van der Waals surface area contributed by atoms with E-state index >= 15 is 0 Å². The van der Waals surface area contributed by atoms with Crippen molar-refractivity contribution >= 4 is 22.8 Å². The molecule has 0 bridgehead atoms. The molecule has 0 aliphatic rings. The lowest BCUT2D eigenvalue weighted by Crippen LogP contribution is -1.95. The average molecular weight is 396 g/mol. The number of thioether (sulfide) groups is 1. The number of ether oxygens (including phenoxy) is 1. The van der Waals surface area contributed by atoms with Crippen LogP contribution in [-0.4, -0.2) is 16.2 Å². The van der Waals surface area contributed by atoms with Crippen LogP contribution in [0.4, 0.5) is 8.78 Å². The number of fused-ring (bicyclic) bond motifs is 1. The second-order valence-corrected chi connectivity index (χ2v) is 7.36. The minimum absolute atomic E-state index is 0.0173. The molecule has 1 N–H and O–H groups in total. The molecule has 0 amide bonds. The van der Waals surface area contributed by atoms with E-state index in [4.69, 9.17) is 4.74 Å². The summed E-state index contributed by atoms with van der Waals surface area (Å²) in [5.74, 6) is -0.0470. The number of halogens is 2. The minimum Gasteiger partial charge on any atom is -0.454 e. The van der Waals surface area contributed by atoms with Crippen LogP contribution in [-0.2, 0) is 5.75 Å². The van der Waals surface area contributed by atoms with Crippen molar-refractivity contribution in [2.75, 3.05) is 6.26 Å². The van der Waals surface area contributed by atoms with Crippen molar-refractivity contribution in [1.82, 2.24) is 9.97 Å². The maximum Gasteiger partial charge on any atom is 0.168 e. The third-order valence-corrected chi connectivity index (χ3v) is 5.04. The fourth-order valence-electron chi connectivity index (χ4n) is 3.20. The van der Waals surface area contributed by atoms with Crippen molar-refractivity contribution in [3.8, 4) is 22.6 Å². The molecule has 0 radical (unpaired) electrons. The van der Waals surface area contributed by atoms with Gasteiger partial charge in [-0.1, -0.05) is 6.07 Å². The van der Waals surface area contributed by atoms with Gasteiger partial charge in [0.1, 0.15) is 17.2 Å². The summed E-state index contributed by atoms with van der Waals surface area (Å²) in [6, 6.07) is 13.1. The van der Waals surface area contributed by atoms with Crippen LogP contribution in [0, 0.1) is 18.6 Å². The fourth-order valence-corrected chi connectivity index (χ4v) is 3.71. The third kappa shape index (κ3) is 3.60. The van der Waals surface area contributed by atoms with E-state index in [-0.39, 0.29) is 5.75 Å². The number of aromatic nitrogens is 2. The van der Waals surface area contributed by atoms with Crippen molar-refractivity contribution in [2.45, 2.75) is 12.7 Å². The van der Waals surface area contributed by atoms with Gasteiger partial charge in [-0.15, -0.1) is 0 Å². The summed E-state index contributed by atoms with van der Waals surface area (Å²) in [5.41, 5.74) is 4.56. The second-order valence-electron chi connectivity index (χ2n) is 6.49. The third-order valence-electron chi connectivity index (χ3n) is 4.42. The molecule has 0 aliphatic carbocycles. The lowest BCUT2D eigenvalue weighted by Gasteiger charge is -2.15. The molecule has 3 nitrogen and oxygen atoms in total. The van der Waals surface area contributed by atoms with Gasteiger partial charge in [-0.25, -0.2) is 13.8 Å². The maximum absolute atomic E-state index is 14.2. The molecule has 2 aromatic heterocycles. The molecule has 28 heavy (non-hydrogen) atoms. The summed E-state index contributed by atoms with van der Waals surface area (Å²) in [4.78, 5) is 7.65. The highest BCUT2D eigenvalue weighted by atomic mass is 32.2. The van der Waals surface area contributed by atoms with Gasteiger partial charge in [-0.05, 0) is 60.7 Å². The number of pyridine rings is 1. The summed E-state index contributed by atoms with van der Waals surface area (Å²) in [7, 11) is 0. The highest BCUT2D eigenvalue weighted by Crippen LogP contribution is 2.39. The topological polar surface area (TPSA) is 37.9 Å². The van der Waals surface area contributed by atoms with E-state index in [0.717, 1.165) is 45.2 Å². The maximum atomic E-state index is 14.2. The Hall–Kier alpha value is -2.86. The first kappa shape index (κ1) is 18.5. The Morgan fingerprint density at radius 1 is 1.00 bits per heavy atom.